The standard InChI is InChI=1S/C6H3Br2F2NO2S/c7-2-1-3(8)5(10)6(4(2)9)14(11,12)13/h1H,(H2,11,12,13). The van der Waals surface area contributed by atoms with Crippen LogP contribution in [-0.4, -0.2) is 8.42 Å². The molecule has 0 amide bonds. The second-order valence-corrected chi connectivity index (χ2v) is 5.55. The Kier molecular flexibility index (Phi) is 3.30. The second-order valence-electron chi connectivity index (χ2n) is 2.34. The van der Waals surface area contributed by atoms with E-state index in [0.29, 0.717) is 0 Å². The fourth-order valence-corrected chi connectivity index (χ4v) is 2.94. The maximum atomic E-state index is 13.2. The minimum Gasteiger partial charge on any atom is -0.224 e. The fraction of sp³-hybridized carbons (Fsp3) is 0. The van der Waals surface area contributed by atoms with Crippen LogP contribution in [0.3, 0.4) is 0 Å². The first kappa shape index (κ1) is 12.0. The minimum absolute atomic E-state index is 0.185. The Labute approximate surface area is 95.6 Å². The van der Waals surface area contributed by atoms with E-state index < -0.39 is 26.6 Å². The van der Waals surface area contributed by atoms with Gasteiger partial charge in [0, 0.05) is 0 Å². The molecule has 0 saturated carbocycles. The normalized spacial score (nSPS) is 11.8. The molecule has 0 aliphatic rings. The van der Waals surface area contributed by atoms with Gasteiger partial charge in [-0.15, -0.1) is 0 Å². The Morgan fingerprint density at radius 2 is 1.50 bits per heavy atom. The predicted octanol–water partition coefficient (Wildman–Crippen LogP) is 2.14. The molecule has 0 atom stereocenters. The quantitative estimate of drug-likeness (QED) is 0.789. The number of hydrogen-bond acceptors (Lipinski definition) is 2. The SMILES string of the molecule is NS(=O)(=O)c1c(F)c(Br)cc(Br)c1F. The molecule has 0 bridgehead atoms. The van der Waals surface area contributed by atoms with E-state index in [1.807, 2.05) is 0 Å². The molecular weight excluding hydrogens is 348 g/mol. The smallest absolute Gasteiger partial charge is 0.224 e. The molecule has 0 radical (unpaired) electrons. The molecule has 0 aromatic heterocycles. The topological polar surface area (TPSA) is 60.2 Å². The predicted molar refractivity (Wildman–Crippen MR) is 53.1 cm³/mol. The van der Waals surface area contributed by atoms with Crippen molar-refractivity contribution in [2.75, 3.05) is 0 Å². The zero-order valence-electron chi connectivity index (χ0n) is 6.39. The van der Waals surface area contributed by atoms with E-state index in [-0.39, 0.29) is 8.95 Å². The summed E-state index contributed by atoms with van der Waals surface area (Å²) in [6.45, 7) is 0. The van der Waals surface area contributed by atoms with Crippen LogP contribution in [0.25, 0.3) is 0 Å². The van der Waals surface area contributed by atoms with Gasteiger partial charge < -0.3 is 0 Å². The molecule has 3 nitrogen and oxygen atoms in total. The monoisotopic (exact) mass is 349 g/mol. The molecule has 0 aliphatic carbocycles. The van der Waals surface area contributed by atoms with Gasteiger partial charge in [0.25, 0.3) is 0 Å². The van der Waals surface area contributed by atoms with Crippen LogP contribution in [0.4, 0.5) is 8.78 Å². The van der Waals surface area contributed by atoms with Crippen molar-refractivity contribution in [1.82, 2.24) is 0 Å². The van der Waals surface area contributed by atoms with Crippen LogP contribution >= 0.6 is 31.9 Å². The van der Waals surface area contributed by atoms with Crippen molar-refractivity contribution in [2.24, 2.45) is 5.14 Å². The third-order valence-electron chi connectivity index (χ3n) is 1.36. The highest BCUT2D eigenvalue weighted by Crippen LogP contribution is 2.30. The third kappa shape index (κ3) is 2.13. The van der Waals surface area contributed by atoms with E-state index in [1.54, 1.807) is 0 Å². The van der Waals surface area contributed by atoms with Crippen LogP contribution < -0.4 is 5.14 Å². The van der Waals surface area contributed by atoms with Gasteiger partial charge in [-0.3, -0.25) is 0 Å². The number of sulfonamides is 1. The summed E-state index contributed by atoms with van der Waals surface area (Å²) in [6, 6.07) is 1.05. The van der Waals surface area contributed by atoms with Crippen LogP contribution in [0.1, 0.15) is 0 Å². The van der Waals surface area contributed by atoms with Crippen molar-refractivity contribution in [1.29, 1.82) is 0 Å². The molecule has 0 saturated heterocycles. The highest BCUT2D eigenvalue weighted by atomic mass is 79.9. The van der Waals surface area contributed by atoms with Gasteiger partial charge in [-0.25, -0.2) is 22.3 Å². The lowest BCUT2D eigenvalue weighted by Crippen LogP contribution is -2.16. The van der Waals surface area contributed by atoms with E-state index in [9.17, 15) is 17.2 Å². The van der Waals surface area contributed by atoms with Gasteiger partial charge in [0.2, 0.25) is 10.0 Å². The molecule has 1 rings (SSSR count). The number of hydrogen-bond donors (Lipinski definition) is 1. The first-order valence-electron chi connectivity index (χ1n) is 3.11. The summed E-state index contributed by atoms with van der Waals surface area (Å²) in [4.78, 5) is -1.15. The summed E-state index contributed by atoms with van der Waals surface area (Å²) in [7, 11) is -4.42. The van der Waals surface area contributed by atoms with Crippen LogP contribution in [0.2, 0.25) is 0 Å². The lowest BCUT2D eigenvalue weighted by Gasteiger charge is -2.05. The molecule has 0 fully saturated rings. The molecule has 8 heteroatoms. The molecule has 0 aliphatic heterocycles. The average molecular weight is 351 g/mol. The van der Waals surface area contributed by atoms with Crippen molar-refractivity contribution >= 4 is 41.9 Å². The molecule has 14 heavy (non-hydrogen) atoms. The summed E-state index contributed by atoms with van der Waals surface area (Å²) >= 11 is 5.46. The number of nitrogens with two attached hydrogens (primary N) is 1. The van der Waals surface area contributed by atoms with Crippen molar-refractivity contribution in [3.05, 3.63) is 26.6 Å². The molecule has 2 N–H and O–H groups in total. The van der Waals surface area contributed by atoms with E-state index >= 15 is 0 Å². The first-order chi connectivity index (χ1) is 6.25. The molecule has 1 aromatic rings. The summed E-state index contributed by atoms with van der Waals surface area (Å²) in [5.74, 6) is -2.48. The van der Waals surface area contributed by atoms with E-state index in [2.05, 4.69) is 37.0 Å². The molecule has 0 spiro atoms. The Hall–Kier alpha value is -0.0500. The van der Waals surface area contributed by atoms with Gasteiger partial charge in [-0.1, -0.05) is 0 Å². The van der Waals surface area contributed by atoms with Crippen LogP contribution in [0.5, 0.6) is 0 Å². The zero-order chi connectivity index (χ0) is 11.1. The maximum Gasteiger partial charge on any atom is 0.243 e. The highest BCUT2D eigenvalue weighted by molar-refractivity contribution is 9.11. The number of benzene rings is 1. The van der Waals surface area contributed by atoms with E-state index in [1.165, 1.54) is 0 Å². The summed E-state index contributed by atoms with van der Waals surface area (Å²) < 4.78 is 47.6. The van der Waals surface area contributed by atoms with Gasteiger partial charge in [-0.2, -0.15) is 0 Å². The molecule has 78 valence electrons. The summed E-state index contributed by atoms with van der Waals surface area (Å²) in [6.07, 6.45) is 0. The summed E-state index contributed by atoms with van der Waals surface area (Å²) in [5.41, 5.74) is 0. The highest BCUT2D eigenvalue weighted by Gasteiger charge is 2.24. The van der Waals surface area contributed by atoms with Gasteiger partial charge in [0.05, 0.1) is 8.95 Å². The Morgan fingerprint density at radius 3 is 1.79 bits per heavy atom. The Balaban J connectivity index is 3.74. The fourth-order valence-electron chi connectivity index (χ4n) is 0.801. The van der Waals surface area contributed by atoms with Crippen molar-refractivity contribution in [3.8, 4) is 0 Å². The molecule has 0 heterocycles. The number of rotatable bonds is 1. The van der Waals surface area contributed by atoms with Crippen molar-refractivity contribution < 1.29 is 17.2 Å². The van der Waals surface area contributed by atoms with Gasteiger partial charge >= 0.3 is 0 Å². The number of halogens is 4. The third-order valence-corrected chi connectivity index (χ3v) is 3.44. The molecule has 0 unspecified atom stereocenters. The minimum atomic E-state index is -4.42. The van der Waals surface area contributed by atoms with Crippen molar-refractivity contribution in [3.63, 3.8) is 0 Å². The van der Waals surface area contributed by atoms with Gasteiger partial charge in [0.1, 0.15) is 0 Å². The van der Waals surface area contributed by atoms with Gasteiger partial charge in [-0.05, 0) is 37.9 Å². The van der Waals surface area contributed by atoms with Crippen LogP contribution in [0.15, 0.2) is 19.9 Å². The Bertz CT molecular complexity index is 463. The average Bonchev–Trinajstić information content (AvgIpc) is 1.98. The van der Waals surface area contributed by atoms with Gasteiger partial charge in [0.15, 0.2) is 16.5 Å². The number of primary sulfonamides is 1. The largest absolute Gasteiger partial charge is 0.243 e. The maximum absolute atomic E-state index is 13.2. The Morgan fingerprint density at radius 1 is 1.14 bits per heavy atom. The zero-order valence-corrected chi connectivity index (χ0v) is 10.4. The lowest BCUT2D eigenvalue weighted by atomic mass is 10.3. The second kappa shape index (κ2) is 3.84. The van der Waals surface area contributed by atoms with Crippen LogP contribution in [-0.2, 0) is 10.0 Å². The van der Waals surface area contributed by atoms with E-state index in [0.717, 1.165) is 6.07 Å². The lowest BCUT2D eigenvalue weighted by molar-refractivity contribution is 0.512. The molecular formula is C6H3Br2F2NO2S. The van der Waals surface area contributed by atoms with Crippen LogP contribution in [0, 0.1) is 11.6 Å². The summed E-state index contributed by atoms with van der Waals surface area (Å²) in [5, 5.41) is 4.65. The van der Waals surface area contributed by atoms with Crippen molar-refractivity contribution in [2.45, 2.75) is 4.90 Å². The first-order valence-corrected chi connectivity index (χ1v) is 6.24. The molecule has 1 aromatic carbocycles. The van der Waals surface area contributed by atoms with E-state index in [4.69, 9.17) is 0 Å².